The molecule has 0 bridgehead atoms. The number of alkyl halides is 3. The van der Waals surface area contributed by atoms with E-state index in [1.165, 1.54) is 24.3 Å². The number of benzene rings is 2. The van der Waals surface area contributed by atoms with Crippen LogP contribution in [-0.4, -0.2) is 43.0 Å². The maximum absolute atomic E-state index is 13.1. The van der Waals surface area contributed by atoms with E-state index in [0.29, 0.717) is 31.9 Å². The van der Waals surface area contributed by atoms with E-state index in [9.17, 15) is 22.8 Å². The number of amides is 2. The highest BCUT2D eigenvalue weighted by atomic mass is 19.4. The van der Waals surface area contributed by atoms with Crippen LogP contribution >= 0.6 is 0 Å². The largest absolute Gasteiger partial charge is 0.417 e. The highest BCUT2D eigenvalue weighted by molar-refractivity contribution is 6.06. The topological polar surface area (TPSA) is 58.6 Å². The van der Waals surface area contributed by atoms with Crippen molar-refractivity contribution in [1.29, 1.82) is 0 Å². The molecule has 8 heteroatoms. The number of nitrogens with zero attached hydrogens (tertiary/aromatic N) is 1. The lowest BCUT2D eigenvalue weighted by Crippen LogP contribution is -2.40. The van der Waals surface area contributed by atoms with E-state index in [0.717, 1.165) is 12.1 Å². The summed E-state index contributed by atoms with van der Waals surface area (Å²) in [4.78, 5) is 26.5. The normalized spacial score (nSPS) is 14.7. The van der Waals surface area contributed by atoms with E-state index in [1.54, 1.807) is 17.0 Å². The predicted octanol–water partition coefficient (Wildman–Crippen LogP) is 3.43. The molecule has 1 fully saturated rings. The van der Waals surface area contributed by atoms with Gasteiger partial charge in [-0.1, -0.05) is 18.2 Å². The highest BCUT2D eigenvalue weighted by Gasteiger charge is 2.34. The van der Waals surface area contributed by atoms with Crippen molar-refractivity contribution in [2.75, 3.05) is 31.6 Å². The monoisotopic (exact) mass is 378 g/mol. The van der Waals surface area contributed by atoms with Crippen molar-refractivity contribution >= 4 is 17.5 Å². The molecular formula is C19H17F3N2O3. The van der Waals surface area contributed by atoms with E-state index in [1.807, 2.05) is 0 Å². The number of hydrogen-bond donors (Lipinski definition) is 1. The summed E-state index contributed by atoms with van der Waals surface area (Å²) in [5, 5.41) is 2.43. The Hall–Kier alpha value is -2.87. The number of carbonyl (C=O) groups is 2. The minimum atomic E-state index is -4.64. The molecule has 1 saturated heterocycles. The fourth-order valence-electron chi connectivity index (χ4n) is 2.81. The highest BCUT2D eigenvalue weighted by Crippen LogP contribution is 2.32. The Morgan fingerprint density at radius 3 is 2.41 bits per heavy atom. The van der Waals surface area contributed by atoms with Crippen molar-refractivity contribution in [3.63, 3.8) is 0 Å². The first-order chi connectivity index (χ1) is 12.9. The van der Waals surface area contributed by atoms with E-state index in [-0.39, 0.29) is 11.6 Å². The second-order valence-electron chi connectivity index (χ2n) is 5.98. The fourth-order valence-corrected chi connectivity index (χ4v) is 2.81. The lowest BCUT2D eigenvalue weighted by molar-refractivity contribution is -0.137. The molecule has 0 aliphatic carbocycles. The molecule has 0 unspecified atom stereocenters. The zero-order valence-electron chi connectivity index (χ0n) is 14.3. The second kappa shape index (κ2) is 7.79. The van der Waals surface area contributed by atoms with Crippen molar-refractivity contribution in [3.05, 3.63) is 65.2 Å². The third-order valence-electron chi connectivity index (χ3n) is 4.14. The number of nitrogens with one attached hydrogen (secondary N) is 1. The van der Waals surface area contributed by atoms with Crippen molar-refractivity contribution in [2.24, 2.45) is 0 Å². The van der Waals surface area contributed by atoms with Crippen molar-refractivity contribution < 1.29 is 27.5 Å². The Kier molecular flexibility index (Phi) is 5.46. The Labute approximate surface area is 153 Å². The molecule has 0 saturated carbocycles. The molecule has 1 aliphatic heterocycles. The van der Waals surface area contributed by atoms with Gasteiger partial charge in [-0.25, -0.2) is 0 Å². The maximum Gasteiger partial charge on any atom is 0.417 e. The molecule has 2 aromatic rings. The minimum absolute atomic E-state index is 0.218. The molecule has 2 aromatic carbocycles. The van der Waals surface area contributed by atoms with Gasteiger partial charge in [0, 0.05) is 24.3 Å². The number of rotatable bonds is 3. The fraction of sp³-hybridized carbons (Fsp3) is 0.263. The van der Waals surface area contributed by atoms with Crippen LogP contribution in [0.2, 0.25) is 0 Å². The molecule has 1 heterocycles. The van der Waals surface area contributed by atoms with E-state index < -0.39 is 23.2 Å². The van der Waals surface area contributed by atoms with Crippen molar-refractivity contribution in [2.45, 2.75) is 6.18 Å². The van der Waals surface area contributed by atoms with Crippen LogP contribution in [0, 0.1) is 0 Å². The average Bonchev–Trinajstić information content (AvgIpc) is 2.67. The van der Waals surface area contributed by atoms with Gasteiger partial charge in [0.1, 0.15) is 0 Å². The molecule has 1 N–H and O–H groups in total. The lowest BCUT2D eigenvalue weighted by Gasteiger charge is -2.27. The Morgan fingerprint density at radius 1 is 1.00 bits per heavy atom. The van der Waals surface area contributed by atoms with Gasteiger partial charge in [-0.3, -0.25) is 9.59 Å². The Balaban J connectivity index is 1.79. The van der Waals surface area contributed by atoms with Gasteiger partial charge in [0.2, 0.25) is 0 Å². The summed E-state index contributed by atoms with van der Waals surface area (Å²) < 4.78 is 44.5. The summed E-state index contributed by atoms with van der Waals surface area (Å²) in [7, 11) is 0. The molecule has 3 rings (SSSR count). The van der Waals surface area contributed by atoms with Crippen LogP contribution in [0.25, 0.3) is 0 Å². The molecule has 2 amide bonds. The molecule has 0 atom stereocenters. The number of hydrogen-bond acceptors (Lipinski definition) is 3. The summed E-state index contributed by atoms with van der Waals surface area (Å²) in [5.74, 6) is -1.11. The van der Waals surface area contributed by atoms with Gasteiger partial charge in [0.05, 0.1) is 24.3 Å². The average molecular weight is 378 g/mol. The van der Waals surface area contributed by atoms with E-state index >= 15 is 0 Å². The van der Waals surface area contributed by atoms with Gasteiger partial charge in [0.15, 0.2) is 0 Å². The van der Waals surface area contributed by atoms with Gasteiger partial charge in [0.25, 0.3) is 11.8 Å². The van der Waals surface area contributed by atoms with Gasteiger partial charge < -0.3 is 15.0 Å². The first-order valence-electron chi connectivity index (χ1n) is 8.31. The molecule has 1 aliphatic rings. The summed E-state index contributed by atoms with van der Waals surface area (Å²) >= 11 is 0. The number of carbonyl (C=O) groups excluding carboxylic acids is 2. The molecule has 142 valence electrons. The second-order valence-corrected chi connectivity index (χ2v) is 5.98. The first kappa shape index (κ1) is 18.9. The van der Waals surface area contributed by atoms with Crippen LogP contribution in [-0.2, 0) is 10.9 Å². The summed E-state index contributed by atoms with van der Waals surface area (Å²) in [6.45, 7) is 1.84. The number of morpholine rings is 1. The number of halogens is 3. The predicted molar refractivity (Wildman–Crippen MR) is 92.6 cm³/mol. The quantitative estimate of drug-likeness (QED) is 0.890. The van der Waals surface area contributed by atoms with Crippen LogP contribution in [0.4, 0.5) is 18.9 Å². The van der Waals surface area contributed by atoms with Crippen molar-refractivity contribution in [1.82, 2.24) is 4.90 Å². The molecule has 5 nitrogen and oxygen atoms in total. The summed E-state index contributed by atoms with van der Waals surface area (Å²) in [6, 6.07) is 10.7. The maximum atomic E-state index is 13.1. The Bertz CT molecular complexity index is 846. The van der Waals surface area contributed by atoms with Gasteiger partial charge in [-0.2, -0.15) is 13.2 Å². The molecule has 0 aromatic heterocycles. The van der Waals surface area contributed by atoms with E-state index in [4.69, 9.17) is 4.74 Å². The lowest BCUT2D eigenvalue weighted by atomic mass is 10.1. The molecule has 0 radical (unpaired) electrons. The molecule has 27 heavy (non-hydrogen) atoms. The third-order valence-corrected chi connectivity index (χ3v) is 4.14. The standard InChI is InChI=1S/C19H17F3N2O3/c20-19(21,22)16-7-2-1-6-15(16)17(25)23-14-5-3-4-13(12-14)18(26)24-8-10-27-11-9-24/h1-7,12H,8-11H2,(H,23,25). The van der Waals surface area contributed by atoms with Crippen molar-refractivity contribution in [3.8, 4) is 0 Å². The zero-order valence-corrected chi connectivity index (χ0v) is 14.3. The Morgan fingerprint density at radius 2 is 1.70 bits per heavy atom. The molecular weight excluding hydrogens is 361 g/mol. The van der Waals surface area contributed by atoms with E-state index in [2.05, 4.69) is 5.32 Å². The number of anilines is 1. The van der Waals surface area contributed by atoms with Crippen LogP contribution in [0.15, 0.2) is 48.5 Å². The van der Waals surface area contributed by atoms with Crippen LogP contribution in [0.1, 0.15) is 26.3 Å². The zero-order chi connectivity index (χ0) is 19.4. The minimum Gasteiger partial charge on any atom is -0.378 e. The smallest absolute Gasteiger partial charge is 0.378 e. The SMILES string of the molecule is O=C(Nc1cccc(C(=O)N2CCOCC2)c1)c1ccccc1C(F)(F)F. The first-order valence-corrected chi connectivity index (χ1v) is 8.31. The molecule has 0 spiro atoms. The van der Waals surface area contributed by atoms with Gasteiger partial charge in [-0.15, -0.1) is 0 Å². The van der Waals surface area contributed by atoms with Crippen LogP contribution < -0.4 is 5.32 Å². The third kappa shape index (κ3) is 4.46. The summed E-state index contributed by atoms with van der Waals surface area (Å²) in [5.41, 5.74) is -0.896. The number of ether oxygens (including phenoxy) is 1. The summed E-state index contributed by atoms with van der Waals surface area (Å²) in [6.07, 6.45) is -4.64. The van der Waals surface area contributed by atoms with Crippen LogP contribution in [0.5, 0.6) is 0 Å². The van der Waals surface area contributed by atoms with Gasteiger partial charge >= 0.3 is 6.18 Å². The van der Waals surface area contributed by atoms with Gasteiger partial charge in [-0.05, 0) is 30.3 Å². The van der Waals surface area contributed by atoms with Crippen LogP contribution in [0.3, 0.4) is 0 Å².